The average Bonchev–Trinajstić information content (AvgIpc) is 2.83. The molecule has 3 heteroatoms. The fourth-order valence-corrected chi connectivity index (χ4v) is 1.96. The first kappa shape index (κ1) is 12.1. The van der Waals surface area contributed by atoms with Crippen molar-refractivity contribution >= 4 is 11.6 Å². The molecule has 1 aromatic rings. The molecule has 2 rings (SSSR count). The van der Waals surface area contributed by atoms with E-state index in [0.717, 1.165) is 18.5 Å². The Morgan fingerprint density at radius 3 is 2.59 bits per heavy atom. The van der Waals surface area contributed by atoms with Crippen LogP contribution in [0, 0.1) is 0 Å². The molecule has 0 aromatic heterocycles. The van der Waals surface area contributed by atoms with Crippen LogP contribution in [0.15, 0.2) is 24.3 Å². The smallest absolute Gasteiger partial charge is 0.253 e. The Morgan fingerprint density at radius 2 is 2.06 bits per heavy atom. The summed E-state index contributed by atoms with van der Waals surface area (Å²) in [5.74, 6) is 0.484. The van der Waals surface area contributed by atoms with Crippen LogP contribution in [0.5, 0.6) is 0 Å². The molecule has 1 aliphatic rings. The lowest BCUT2D eigenvalue weighted by Crippen LogP contribution is -2.26. The summed E-state index contributed by atoms with van der Waals surface area (Å²) in [6, 6.07) is 8.00. The Hall–Kier alpha value is -1.35. The lowest BCUT2D eigenvalue weighted by atomic mass is 10.0. The van der Waals surface area contributed by atoms with E-state index in [4.69, 9.17) is 4.74 Å². The molecule has 1 N–H and O–H groups in total. The molecule has 0 unspecified atom stereocenters. The monoisotopic (exact) mass is 233 g/mol. The van der Waals surface area contributed by atoms with Gasteiger partial charge in [-0.1, -0.05) is 26.0 Å². The van der Waals surface area contributed by atoms with Crippen molar-refractivity contribution in [2.45, 2.75) is 38.7 Å². The summed E-state index contributed by atoms with van der Waals surface area (Å²) in [7, 11) is 0. The number of hydrogen-bond donors (Lipinski definition) is 1. The van der Waals surface area contributed by atoms with Gasteiger partial charge in [0.05, 0.1) is 0 Å². The van der Waals surface area contributed by atoms with E-state index >= 15 is 0 Å². The van der Waals surface area contributed by atoms with Crippen LogP contribution in [0.2, 0.25) is 0 Å². The van der Waals surface area contributed by atoms with Crippen LogP contribution in [-0.4, -0.2) is 18.6 Å². The van der Waals surface area contributed by atoms with Crippen LogP contribution < -0.4 is 5.32 Å². The Kier molecular flexibility index (Phi) is 3.79. The first-order valence-electron chi connectivity index (χ1n) is 6.19. The molecule has 1 saturated heterocycles. The normalized spacial score (nSPS) is 19.6. The van der Waals surface area contributed by atoms with Gasteiger partial charge in [0.1, 0.15) is 6.10 Å². The van der Waals surface area contributed by atoms with Gasteiger partial charge in [0, 0.05) is 12.3 Å². The molecule has 0 spiro atoms. The van der Waals surface area contributed by atoms with Gasteiger partial charge in [-0.3, -0.25) is 4.79 Å². The van der Waals surface area contributed by atoms with Crippen molar-refractivity contribution in [3.05, 3.63) is 29.8 Å². The van der Waals surface area contributed by atoms with Crippen LogP contribution in [0.4, 0.5) is 5.69 Å². The van der Waals surface area contributed by atoms with Gasteiger partial charge in [-0.25, -0.2) is 0 Å². The zero-order chi connectivity index (χ0) is 12.3. The molecule has 1 aliphatic heterocycles. The van der Waals surface area contributed by atoms with E-state index in [1.165, 1.54) is 5.56 Å². The van der Waals surface area contributed by atoms with Gasteiger partial charge in [-0.2, -0.15) is 0 Å². The molecule has 1 fully saturated rings. The Labute approximate surface area is 102 Å². The molecule has 17 heavy (non-hydrogen) atoms. The number of hydrogen-bond acceptors (Lipinski definition) is 2. The number of amides is 1. The van der Waals surface area contributed by atoms with Crippen LogP contribution in [0.25, 0.3) is 0 Å². The molecule has 92 valence electrons. The second-order valence-corrected chi connectivity index (χ2v) is 4.77. The molecule has 0 bridgehead atoms. The van der Waals surface area contributed by atoms with Crippen molar-refractivity contribution in [1.82, 2.24) is 0 Å². The lowest BCUT2D eigenvalue weighted by Gasteiger charge is -2.11. The number of benzene rings is 1. The predicted octanol–water partition coefficient (Wildman–Crippen LogP) is 2.93. The SMILES string of the molecule is CC(C)c1ccc(NC(=O)[C@@H]2CCCO2)cc1. The summed E-state index contributed by atoms with van der Waals surface area (Å²) in [6.45, 7) is 5.00. The fourth-order valence-electron chi connectivity index (χ4n) is 1.96. The van der Waals surface area contributed by atoms with Gasteiger partial charge in [0.15, 0.2) is 0 Å². The molecule has 1 aromatic carbocycles. The van der Waals surface area contributed by atoms with Crippen LogP contribution in [0.1, 0.15) is 38.2 Å². The minimum Gasteiger partial charge on any atom is -0.368 e. The summed E-state index contributed by atoms with van der Waals surface area (Å²) in [4.78, 5) is 11.8. The zero-order valence-corrected chi connectivity index (χ0v) is 10.4. The Morgan fingerprint density at radius 1 is 1.35 bits per heavy atom. The standard InChI is InChI=1S/C14H19NO2/c1-10(2)11-5-7-12(8-6-11)15-14(16)13-4-3-9-17-13/h5-8,10,13H,3-4,9H2,1-2H3,(H,15,16)/t13-/m0/s1. The van der Waals surface area contributed by atoms with Crippen molar-refractivity contribution in [2.75, 3.05) is 11.9 Å². The first-order chi connectivity index (χ1) is 8.16. The molecule has 1 atom stereocenters. The minimum atomic E-state index is -0.264. The first-order valence-corrected chi connectivity index (χ1v) is 6.19. The minimum absolute atomic E-state index is 0.0280. The van der Waals surface area contributed by atoms with Crippen LogP contribution in [-0.2, 0) is 9.53 Å². The number of carbonyl (C=O) groups excluding carboxylic acids is 1. The topological polar surface area (TPSA) is 38.3 Å². The van der Waals surface area contributed by atoms with E-state index in [1.54, 1.807) is 0 Å². The highest BCUT2D eigenvalue weighted by atomic mass is 16.5. The summed E-state index contributed by atoms with van der Waals surface area (Å²) in [5, 5.41) is 2.89. The van der Waals surface area contributed by atoms with E-state index in [1.807, 2.05) is 12.1 Å². The van der Waals surface area contributed by atoms with Crippen molar-refractivity contribution in [1.29, 1.82) is 0 Å². The van der Waals surface area contributed by atoms with E-state index in [0.29, 0.717) is 12.5 Å². The van der Waals surface area contributed by atoms with Crippen LogP contribution in [0.3, 0.4) is 0 Å². The molecule has 1 heterocycles. The van der Waals surface area contributed by atoms with Gasteiger partial charge in [-0.05, 0) is 36.5 Å². The van der Waals surface area contributed by atoms with Gasteiger partial charge in [-0.15, -0.1) is 0 Å². The van der Waals surface area contributed by atoms with E-state index in [2.05, 4.69) is 31.3 Å². The largest absolute Gasteiger partial charge is 0.368 e. The second-order valence-electron chi connectivity index (χ2n) is 4.77. The third-order valence-corrected chi connectivity index (χ3v) is 3.07. The molecule has 1 amide bonds. The maximum atomic E-state index is 11.8. The number of rotatable bonds is 3. The Balaban J connectivity index is 1.96. The van der Waals surface area contributed by atoms with Crippen molar-refractivity contribution in [3.63, 3.8) is 0 Å². The quantitative estimate of drug-likeness (QED) is 0.871. The van der Waals surface area contributed by atoms with Crippen molar-refractivity contribution < 1.29 is 9.53 Å². The molecule has 0 aliphatic carbocycles. The molecule has 0 radical (unpaired) electrons. The third-order valence-electron chi connectivity index (χ3n) is 3.07. The van der Waals surface area contributed by atoms with Gasteiger partial charge < -0.3 is 10.1 Å². The molecular formula is C14H19NO2. The zero-order valence-electron chi connectivity index (χ0n) is 10.4. The second kappa shape index (κ2) is 5.32. The van der Waals surface area contributed by atoms with E-state index in [9.17, 15) is 4.79 Å². The Bertz CT molecular complexity index is 378. The van der Waals surface area contributed by atoms with Crippen molar-refractivity contribution in [3.8, 4) is 0 Å². The van der Waals surface area contributed by atoms with Crippen LogP contribution >= 0.6 is 0 Å². The summed E-state index contributed by atoms with van der Waals surface area (Å²) >= 11 is 0. The number of ether oxygens (including phenoxy) is 1. The summed E-state index contributed by atoms with van der Waals surface area (Å²) in [6.07, 6.45) is 1.54. The maximum Gasteiger partial charge on any atom is 0.253 e. The summed E-state index contributed by atoms with van der Waals surface area (Å²) < 4.78 is 5.34. The maximum absolute atomic E-state index is 11.8. The highest BCUT2D eigenvalue weighted by molar-refractivity contribution is 5.94. The summed E-state index contributed by atoms with van der Waals surface area (Å²) in [5.41, 5.74) is 2.12. The highest BCUT2D eigenvalue weighted by Gasteiger charge is 2.23. The van der Waals surface area contributed by atoms with Crippen molar-refractivity contribution in [2.24, 2.45) is 0 Å². The fraction of sp³-hybridized carbons (Fsp3) is 0.500. The molecule has 0 saturated carbocycles. The predicted molar refractivity (Wildman–Crippen MR) is 68.1 cm³/mol. The third kappa shape index (κ3) is 3.07. The number of anilines is 1. The van der Waals surface area contributed by atoms with Gasteiger partial charge >= 0.3 is 0 Å². The molecule has 3 nitrogen and oxygen atoms in total. The van der Waals surface area contributed by atoms with E-state index < -0.39 is 0 Å². The highest BCUT2D eigenvalue weighted by Crippen LogP contribution is 2.18. The molecular weight excluding hydrogens is 214 g/mol. The lowest BCUT2D eigenvalue weighted by molar-refractivity contribution is -0.124. The van der Waals surface area contributed by atoms with Gasteiger partial charge in [0.25, 0.3) is 5.91 Å². The van der Waals surface area contributed by atoms with E-state index in [-0.39, 0.29) is 12.0 Å². The number of nitrogens with one attached hydrogen (secondary N) is 1. The number of carbonyl (C=O) groups is 1. The average molecular weight is 233 g/mol. The van der Waals surface area contributed by atoms with Gasteiger partial charge in [0.2, 0.25) is 0 Å².